The number of nitrogens with zero attached hydrogens (tertiary/aromatic N) is 3. The molecule has 1 aromatic carbocycles. The lowest BCUT2D eigenvalue weighted by molar-refractivity contribution is 0.101. The summed E-state index contributed by atoms with van der Waals surface area (Å²) in [5.41, 5.74) is 2.77. The number of halogens is 1. The largest absolute Gasteiger partial charge is 0.444 e. The zero-order valence-corrected chi connectivity index (χ0v) is 18.8. The van der Waals surface area contributed by atoms with Crippen LogP contribution in [0.4, 0.5) is 22.0 Å². The lowest BCUT2D eigenvalue weighted by atomic mass is 10.1. The van der Waals surface area contributed by atoms with Crippen molar-refractivity contribution < 1.29 is 14.3 Å². The number of Topliss-reactive ketones (excluding diaryl/α,β-unsaturated/α-hetero) is 1. The Morgan fingerprint density at radius 2 is 2.03 bits per heavy atom. The first kappa shape index (κ1) is 21.0. The number of benzene rings is 1. The van der Waals surface area contributed by atoms with Crippen LogP contribution in [0.3, 0.4) is 0 Å². The second-order valence-corrected chi connectivity index (χ2v) is 8.22. The lowest BCUT2D eigenvalue weighted by Crippen LogP contribution is -2.29. The van der Waals surface area contributed by atoms with Gasteiger partial charge in [0, 0.05) is 36.1 Å². The molecule has 1 unspecified atom stereocenters. The second-order valence-electron chi connectivity index (χ2n) is 7.31. The Morgan fingerprint density at radius 1 is 1.19 bits per heavy atom. The minimum Gasteiger partial charge on any atom is -0.444 e. The van der Waals surface area contributed by atoms with Gasteiger partial charge in [0.25, 0.3) is 0 Å². The lowest BCUT2D eigenvalue weighted by Gasteiger charge is -2.18. The standard InChI is InChI=1S/C22H22BrN5O3/c1-13(29)18-11-25-19-5-3-14(23)9-17(19)21(18)27-15-4-6-20(26-10-15)28-8-7-16(12-28)31-22(30)24-2/h3-6,9-11,16H,7-8,12H2,1-2H3,(H,24,30)(H,25,27). The number of hydrogen-bond donors (Lipinski definition) is 2. The molecule has 3 heterocycles. The van der Waals surface area contributed by atoms with Crippen molar-refractivity contribution in [2.24, 2.45) is 0 Å². The second kappa shape index (κ2) is 8.89. The molecule has 9 heteroatoms. The monoisotopic (exact) mass is 483 g/mol. The van der Waals surface area contributed by atoms with E-state index in [2.05, 4.69) is 41.4 Å². The summed E-state index contributed by atoms with van der Waals surface area (Å²) in [5, 5.41) is 6.66. The molecule has 1 saturated heterocycles. The number of carbonyl (C=O) groups is 2. The van der Waals surface area contributed by atoms with E-state index in [4.69, 9.17) is 4.74 Å². The molecule has 1 atom stereocenters. The van der Waals surface area contributed by atoms with Crippen molar-refractivity contribution in [1.82, 2.24) is 15.3 Å². The minimum absolute atomic E-state index is 0.0688. The van der Waals surface area contributed by atoms with Crippen LogP contribution in [0.2, 0.25) is 0 Å². The third-order valence-corrected chi connectivity index (χ3v) is 5.67. The van der Waals surface area contributed by atoms with E-state index in [1.54, 1.807) is 19.4 Å². The summed E-state index contributed by atoms with van der Waals surface area (Å²) in [5.74, 6) is 0.739. The Morgan fingerprint density at radius 3 is 2.74 bits per heavy atom. The number of ether oxygens (including phenoxy) is 1. The molecule has 1 aliphatic rings. The van der Waals surface area contributed by atoms with Gasteiger partial charge in [0.1, 0.15) is 11.9 Å². The first-order valence-corrected chi connectivity index (χ1v) is 10.7. The summed E-state index contributed by atoms with van der Waals surface area (Å²) >= 11 is 3.49. The summed E-state index contributed by atoms with van der Waals surface area (Å²) in [6, 6.07) is 9.59. The van der Waals surface area contributed by atoms with E-state index >= 15 is 0 Å². The van der Waals surface area contributed by atoms with Gasteiger partial charge in [0.15, 0.2) is 5.78 Å². The fraction of sp³-hybridized carbons (Fsp3) is 0.273. The van der Waals surface area contributed by atoms with Crippen LogP contribution < -0.4 is 15.5 Å². The molecular weight excluding hydrogens is 462 g/mol. The Hall–Kier alpha value is -3.20. The molecule has 0 radical (unpaired) electrons. The zero-order chi connectivity index (χ0) is 22.0. The highest BCUT2D eigenvalue weighted by molar-refractivity contribution is 9.10. The number of anilines is 3. The molecule has 8 nitrogen and oxygen atoms in total. The molecule has 2 aromatic heterocycles. The maximum absolute atomic E-state index is 12.2. The van der Waals surface area contributed by atoms with Gasteiger partial charge in [-0.2, -0.15) is 0 Å². The highest BCUT2D eigenvalue weighted by Crippen LogP contribution is 2.32. The molecular formula is C22H22BrN5O3. The van der Waals surface area contributed by atoms with E-state index in [1.165, 1.54) is 6.92 Å². The Kier molecular flexibility index (Phi) is 6.03. The number of hydrogen-bond acceptors (Lipinski definition) is 7. The Balaban J connectivity index is 1.55. The number of amides is 1. The van der Waals surface area contributed by atoms with Gasteiger partial charge in [0.2, 0.25) is 0 Å². The van der Waals surface area contributed by atoms with Crippen LogP contribution in [0.1, 0.15) is 23.7 Å². The van der Waals surface area contributed by atoms with Gasteiger partial charge in [-0.3, -0.25) is 9.78 Å². The highest BCUT2D eigenvalue weighted by Gasteiger charge is 2.26. The van der Waals surface area contributed by atoms with Crippen molar-refractivity contribution in [3.63, 3.8) is 0 Å². The average Bonchev–Trinajstić information content (AvgIpc) is 3.22. The minimum atomic E-state index is -0.420. The summed E-state index contributed by atoms with van der Waals surface area (Å²) in [6.07, 6.45) is 3.52. The number of aromatic nitrogens is 2. The van der Waals surface area contributed by atoms with E-state index in [1.807, 2.05) is 30.3 Å². The summed E-state index contributed by atoms with van der Waals surface area (Å²) < 4.78 is 6.23. The Bertz CT molecular complexity index is 1140. The molecule has 4 rings (SSSR count). The van der Waals surface area contributed by atoms with Gasteiger partial charge in [-0.25, -0.2) is 9.78 Å². The summed E-state index contributed by atoms with van der Waals surface area (Å²) in [6.45, 7) is 2.89. The van der Waals surface area contributed by atoms with Gasteiger partial charge in [-0.15, -0.1) is 0 Å². The first-order chi connectivity index (χ1) is 14.9. The number of alkyl carbamates (subject to hydrolysis) is 1. The quantitative estimate of drug-likeness (QED) is 0.522. The predicted molar refractivity (Wildman–Crippen MR) is 123 cm³/mol. The molecule has 160 valence electrons. The van der Waals surface area contributed by atoms with Crippen molar-refractivity contribution in [2.75, 3.05) is 30.4 Å². The number of pyridine rings is 2. The average molecular weight is 484 g/mol. The van der Waals surface area contributed by atoms with Crippen molar-refractivity contribution in [3.8, 4) is 0 Å². The summed E-state index contributed by atoms with van der Waals surface area (Å²) in [4.78, 5) is 34.6. The van der Waals surface area contributed by atoms with Crippen molar-refractivity contribution in [2.45, 2.75) is 19.4 Å². The fourth-order valence-electron chi connectivity index (χ4n) is 3.60. The normalized spacial score (nSPS) is 15.7. The topological polar surface area (TPSA) is 96.5 Å². The van der Waals surface area contributed by atoms with Gasteiger partial charge in [-0.05, 0) is 37.3 Å². The molecule has 1 amide bonds. The van der Waals surface area contributed by atoms with Gasteiger partial charge < -0.3 is 20.3 Å². The smallest absolute Gasteiger partial charge is 0.407 e. The first-order valence-electron chi connectivity index (χ1n) is 9.90. The number of fused-ring (bicyclic) bond motifs is 1. The molecule has 0 spiro atoms. The van der Waals surface area contributed by atoms with Gasteiger partial charge in [-0.1, -0.05) is 15.9 Å². The fourth-order valence-corrected chi connectivity index (χ4v) is 3.96. The van der Waals surface area contributed by atoms with Crippen LogP contribution >= 0.6 is 15.9 Å². The predicted octanol–water partition coefficient (Wildman–Crippen LogP) is 4.27. The molecule has 1 aliphatic heterocycles. The third-order valence-electron chi connectivity index (χ3n) is 5.17. The van der Waals surface area contributed by atoms with E-state index in [-0.39, 0.29) is 11.9 Å². The van der Waals surface area contributed by atoms with Gasteiger partial charge in [0.05, 0.1) is 35.2 Å². The molecule has 3 aromatic rings. The molecule has 1 fully saturated rings. The van der Waals surface area contributed by atoms with E-state index in [0.717, 1.165) is 39.8 Å². The third kappa shape index (κ3) is 4.61. The van der Waals surface area contributed by atoms with E-state index < -0.39 is 6.09 Å². The SMILES string of the molecule is CNC(=O)OC1CCN(c2ccc(Nc3c(C(C)=O)cnc4ccc(Br)cc34)cn2)C1. The van der Waals surface area contributed by atoms with Gasteiger partial charge >= 0.3 is 6.09 Å². The molecule has 0 aliphatic carbocycles. The van der Waals surface area contributed by atoms with Crippen LogP contribution in [-0.2, 0) is 4.74 Å². The van der Waals surface area contributed by atoms with Crippen molar-refractivity contribution in [3.05, 3.63) is 52.8 Å². The van der Waals surface area contributed by atoms with Crippen LogP contribution in [0, 0.1) is 0 Å². The number of rotatable bonds is 5. The van der Waals surface area contributed by atoms with Crippen LogP contribution in [0.25, 0.3) is 10.9 Å². The Labute approximate surface area is 188 Å². The van der Waals surface area contributed by atoms with E-state index in [0.29, 0.717) is 17.8 Å². The van der Waals surface area contributed by atoms with Crippen LogP contribution in [0.15, 0.2) is 47.2 Å². The number of nitrogens with one attached hydrogen (secondary N) is 2. The highest BCUT2D eigenvalue weighted by atomic mass is 79.9. The van der Waals surface area contributed by atoms with Crippen LogP contribution in [-0.4, -0.2) is 48.1 Å². The molecule has 2 N–H and O–H groups in total. The zero-order valence-electron chi connectivity index (χ0n) is 17.2. The van der Waals surface area contributed by atoms with Crippen molar-refractivity contribution in [1.29, 1.82) is 0 Å². The van der Waals surface area contributed by atoms with Crippen LogP contribution in [0.5, 0.6) is 0 Å². The van der Waals surface area contributed by atoms with Crippen molar-refractivity contribution >= 4 is 55.9 Å². The number of carbonyl (C=O) groups excluding carboxylic acids is 2. The molecule has 0 bridgehead atoms. The number of ketones is 1. The molecule has 31 heavy (non-hydrogen) atoms. The summed E-state index contributed by atoms with van der Waals surface area (Å²) in [7, 11) is 1.55. The molecule has 0 saturated carbocycles. The van der Waals surface area contributed by atoms with E-state index in [9.17, 15) is 9.59 Å². The maximum atomic E-state index is 12.2. The maximum Gasteiger partial charge on any atom is 0.407 e.